The monoisotopic (exact) mass is 360 g/mol. The molecule has 3 nitrogen and oxygen atoms in total. The predicted molar refractivity (Wildman–Crippen MR) is 98.5 cm³/mol. The summed E-state index contributed by atoms with van der Waals surface area (Å²) in [5.74, 6) is 2.97. The molecular weight excluding hydrogens is 332 g/mol. The third kappa shape index (κ3) is 1.93. The molecule has 4 aliphatic carbocycles. The van der Waals surface area contributed by atoms with E-state index in [1.54, 1.807) is 5.57 Å². The van der Waals surface area contributed by atoms with Crippen LogP contribution < -0.4 is 0 Å². The maximum atomic E-state index is 12.6. The number of rotatable bonds is 3. The number of epoxide rings is 1. The van der Waals surface area contributed by atoms with Gasteiger partial charge in [-0.25, -0.2) is 0 Å². The summed E-state index contributed by atoms with van der Waals surface area (Å²) in [5, 5.41) is 0. The number of carbonyl (C=O) groups excluding carboxylic acids is 2. The first kappa shape index (κ1) is 16.6. The minimum atomic E-state index is -0.198. The van der Waals surface area contributed by atoms with Gasteiger partial charge in [-0.2, -0.15) is 11.8 Å². The molecule has 0 aromatic heterocycles. The first-order valence-electron chi connectivity index (χ1n) is 9.89. The Kier molecular flexibility index (Phi) is 3.46. The van der Waals surface area contributed by atoms with Gasteiger partial charge in [0.25, 0.3) is 0 Å². The van der Waals surface area contributed by atoms with Gasteiger partial charge in [-0.3, -0.25) is 9.59 Å². The summed E-state index contributed by atoms with van der Waals surface area (Å²) in [4.78, 5) is 24.8. The minimum Gasteiger partial charge on any atom is -0.365 e. The van der Waals surface area contributed by atoms with E-state index in [0.29, 0.717) is 36.2 Å². The molecule has 1 spiro atoms. The van der Waals surface area contributed by atoms with Crippen LogP contribution in [0.3, 0.4) is 0 Å². The van der Waals surface area contributed by atoms with Crippen LogP contribution in [0, 0.1) is 22.7 Å². The lowest BCUT2D eigenvalue weighted by Crippen LogP contribution is -2.55. The molecule has 0 amide bonds. The van der Waals surface area contributed by atoms with Crippen LogP contribution >= 0.6 is 11.8 Å². The van der Waals surface area contributed by atoms with Gasteiger partial charge in [-0.15, -0.1) is 0 Å². The Morgan fingerprint density at radius 3 is 2.96 bits per heavy atom. The molecular formula is C21H28O3S. The van der Waals surface area contributed by atoms with E-state index in [9.17, 15) is 9.59 Å². The maximum absolute atomic E-state index is 12.6. The minimum absolute atomic E-state index is 0.0600. The van der Waals surface area contributed by atoms with E-state index in [2.05, 4.69) is 19.3 Å². The summed E-state index contributed by atoms with van der Waals surface area (Å²) in [6.45, 7) is 2.20. The number of hydrogen-bond acceptors (Lipinski definition) is 4. The second kappa shape index (κ2) is 5.22. The fraction of sp³-hybridized carbons (Fsp3) is 0.810. The van der Waals surface area contributed by atoms with Crippen molar-refractivity contribution in [3.63, 3.8) is 0 Å². The molecule has 5 rings (SSSR count). The van der Waals surface area contributed by atoms with Gasteiger partial charge >= 0.3 is 0 Å². The van der Waals surface area contributed by atoms with Gasteiger partial charge in [0.1, 0.15) is 17.2 Å². The lowest BCUT2D eigenvalue weighted by molar-refractivity contribution is -0.127. The molecule has 1 aliphatic heterocycles. The highest BCUT2D eigenvalue weighted by Crippen LogP contribution is 2.72. The highest BCUT2D eigenvalue weighted by Gasteiger charge is 2.75. The highest BCUT2D eigenvalue weighted by atomic mass is 32.2. The van der Waals surface area contributed by atoms with E-state index in [1.165, 1.54) is 0 Å². The van der Waals surface area contributed by atoms with E-state index in [0.717, 1.165) is 44.3 Å². The predicted octanol–water partition coefficient (Wildman–Crippen LogP) is 3.95. The third-order valence-electron chi connectivity index (χ3n) is 8.44. The number of ketones is 2. The van der Waals surface area contributed by atoms with E-state index in [1.807, 2.05) is 11.8 Å². The fourth-order valence-corrected chi connectivity index (χ4v) is 7.62. The summed E-state index contributed by atoms with van der Waals surface area (Å²) in [5.41, 5.74) is 1.30. The van der Waals surface area contributed by atoms with Crippen LogP contribution in [0.2, 0.25) is 0 Å². The number of carbonyl (C=O) groups is 2. The largest absolute Gasteiger partial charge is 0.365 e. The Morgan fingerprint density at radius 1 is 1.32 bits per heavy atom. The van der Waals surface area contributed by atoms with Gasteiger partial charge in [-0.05, 0) is 55.9 Å². The quantitative estimate of drug-likeness (QED) is 0.565. The number of allylic oxidation sites excluding steroid dienone is 1. The normalized spacial score (nSPS) is 50.5. The van der Waals surface area contributed by atoms with Crippen molar-refractivity contribution in [3.8, 4) is 0 Å². The van der Waals surface area contributed by atoms with Crippen LogP contribution in [0.15, 0.2) is 11.6 Å². The first-order valence-corrected chi connectivity index (χ1v) is 11.3. The number of thioether (sulfide) groups is 1. The van der Waals surface area contributed by atoms with Crippen LogP contribution in [0.25, 0.3) is 0 Å². The summed E-state index contributed by atoms with van der Waals surface area (Å²) in [6, 6.07) is 0. The Hall–Kier alpha value is -0.610. The van der Waals surface area contributed by atoms with Crippen molar-refractivity contribution in [1.82, 2.24) is 0 Å². The second-order valence-corrected chi connectivity index (χ2v) is 10.2. The molecule has 0 radical (unpaired) electrons. The summed E-state index contributed by atoms with van der Waals surface area (Å²) >= 11 is 1.90. The lowest BCUT2D eigenvalue weighted by atomic mass is 9.48. The molecule has 6 atom stereocenters. The zero-order valence-electron chi connectivity index (χ0n) is 15.3. The Balaban J connectivity index is 1.60. The summed E-state index contributed by atoms with van der Waals surface area (Å²) in [7, 11) is 0. The SMILES string of the molecule is CSCC[C@]12CCC(=O)C[C@@]13O[C@H]3C[C@@H]1C2=CC[C@]2(C)C(=O)CC[C@@H]12. The van der Waals surface area contributed by atoms with E-state index < -0.39 is 0 Å². The molecule has 136 valence electrons. The maximum Gasteiger partial charge on any atom is 0.139 e. The molecule has 5 aliphatic rings. The molecule has 4 heteroatoms. The Labute approximate surface area is 154 Å². The van der Waals surface area contributed by atoms with E-state index in [-0.39, 0.29) is 22.5 Å². The molecule has 0 aromatic rings. The smallest absolute Gasteiger partial charge is 0.139 e. The molecule has 25 heavy (non-hydrogen) atoms. The molecule has 1 heterocycles. The molecule has 1 saturated heterocycles. The fourth-order valence-electron chi connectivity index (χ4n) is 7.07. The number of Topliss-reactive ketones (excluding diaryl/α,β-unsaturated/α-hetero) is 2. The number of fused-ring (bicyclic) bond motifs is 4. The van der Waals surface area contributed by atoms with E-state index in [4.69, 9.17) is 4.74 Å². The number of ether oxygens (including phenoxy) is 1. The van der Waals surface area contributed by atoms with E-state index >= 15 is 0 Å². The summed E-state index contributed by atoms with van der Waals surface area (Å²) in [6.07, 6.45) is 12.0. The van der Waals surface area contributed by atoms with Crippen molar-refractivity contribution >= 4 is 23.3 Å². The van der Waals surface area contributed by atoms with Gasteiger partial charge in [0, 0.05) is 30.1 Å². The van der Waals surface area contributed by atoms with Gasteiger partial charge in [-0.1, -0.05) is 18.6 Å². The first-order chi connectivity index (χ1) is 12.0. The number of hydrogen-bond donors (Lipinski definition) is 0. The third-order valence-corrected chi connectivity index (χ3v) is 9.05. The topological polar surface area (TPSA) is 46.7 Å². The molecule has 0 aromatic carbocycles. The highest BCUT2D eigenvalue weighted by molar-refractivity contribution is 7.98. The molecule has 4 fully saturated rings. The van der Waals surface area contributed by atoms with Crippen molar-refractivity contribution in [2.75, 3.05) is 12.0 Å². The van der Waals surface area contributed by atoms with Crippen molar-refractivity contribution in [2.45, 2.75) is 70.0 Å². The zero-order chi connectivity index (χ0) is 17.4. The van der Waals surface area contributed by atoms with Crippen molar-refractivity contribution in [1.29, 1.82) is 0 Å². The van der Waals surface area contributed by atoms with Gasteiger partial charge in [0.2, 0.25) is 0 Å². The molecule has 0 unspecified atom stereocenters. The lowest BCUT2D eigenvalue weighted by Gasteiger charge is -2.54. The van der Waals surface area contributed by atoms with Crippen molar-refractivity contribution in [2.24, 2.45) is 22.7 Å². The standard InChI is InChI=1S/C21H28O3S/c1-19-7-6-16-14(15(19)3-4-17(19)23)11-18-21(24-18)12-13(22)5-8-20(16,21)9-10-25-2/h6,14-15,18H,3-5,7-12H2,1-2H3/t14-,15-,18-,19-,20-,21-/m0/s1. The van der Waals surface area contributed by atoms with Crippen LogP contribution in [0.4, 0.5) is 0 Å². The average Bonchev–Trinajstić information content (AvgIpc) is 3.20. The zero-order valence-corrected chi connectivity index (χ0v) is 16.1. The second-order valence-electron chi connectivity index (χ2n) is 9.23. The van der Waals surface area contributed by atoms with Crippen LogP contribution in [0.5, 0.6) is 0 Å². The summed E-state index contributed by atoms with van der Waals surface area (Å²) < 4.78 is 6.38. The van der Waals surface area contributed by atoms with Crippen molar-refractivity contribution in [3.05, 3.63) is 11.6 Å². The average molecular weight is 361 g/mol. The Morgan fingerprint density at radius 2 is 2.16 bits per heavy atom. The van der Waals surface area contributed by atoms with Crippen LogP contribution in [-0.2, 0) is 14.3 Å². The van der Waals surface area contributed by atoms with Gasteiger partial charge in [0.05, 0.1) is 6.10 Å². The Bertz CT molecular complexity index is 685. The van der Waals surface area contributed by atoms with Crippen LogP contribution in [0.1, 0.15) is 58.3 Å². The molecule has 0 N–H and O–H groups in total. The van der Waals surface area contributed by atoms with Gasteiger partial charge in [0.15, 0.2) is 0 Å². The molecule has 3 saturated carbocycles. The molecule has 0 bridgehead atoms. The van der Waals surface area contributed by atoms with Gasteiger partial charge < -0.3 is 4.74 Å². The van der Waals surface area contributed by atoms with Crippen LogP contribution in [-0.4, -0.2) is 35.3 Å². The van der Waals surface area contributed by atoms with Crippen molar-refractivity contribution < 1.29 is 14.3 Å².